The van der Waals surface area contributed by atoms with Crippen LogP contribution in [0, 0.1) is 0 Å². The van der Waals surface area contributed by atoms with Gasteiger partial charge >= 0.3 is 17.9 Å². The number of nitrogens with zero attached hydrogens (tertiary/aromatic N) is 2. The van der Waals surface area contributed by atoms with Gasteiger partial charge in [0.1, 0.15) is 24.5 Å². The molecule has 0 fully saturated rings. The molecule has 0 saturated heterocycles. The highest BCUT2D eigenvalue weighted by Gasteiger charge is 2.22. The van der Waals surface area contributed by atoms with Gasteiger partial charge < -0.3 is 19.8 Å². The molecule has 8 nitrogen and oxygen atoms in total. The Morgan fingerprint density at radius 3 is 2.35 bits per heavy atom. The van der Waals surface area contributed by atoms with Crippen molar-refractivity contribution in [1.82, 2.24) is 4.98 Å². The second kappa shape index (κ2) is 7.07. The maximum absolute atomic E-state index is 11.8. The van der Waals surface area contributed by atoms with Crippen LogP contribution in [0.1, 0.15) is 17.3 Å². The molecule has 0 bridgehead atoms. The van der Waals surface area contributed by atoms with Gasteiger partial charge in [0.2, 0.25) is 0 Å². The van der Waals surface area contributed by atoms with E-state index in [-0.39, 0.29) is 18.0 Å². The number of anilines is 1. The molecule has 1 aromatic rings. The second-order valence-electron chi connectivity index (χ2n) is 3.74. The summed E-state index contributed by atoms with van der Waals surface area (Å²) in [6.07, 6.45) is 1.34. The van der Waals surface area contributed by atoms with E-state index in [4.69, 9.17) is 14.9 Å². The van der Waals surface area contributed by atoms with Crippen molar-refractivity contribution in [3.05, 3.63) is 23.9 Å². The molecule has 1 heterocycles. The van der Waals surface area contributed by atoms with E-state index in [0.29, 0.717) is 0 Å². The minimum Gasteiger partial charge on any atom is -0.480 e. The van der Waals surface area contributed by atoms with Crippen LogP contribution in [-0.4, -0.2) is 52.8 Å². The number of hydrogen-bond donors (Lipinski definition) is 2. The molecule has 8 heteroatoms. The predicted octanol–water partition coefficient (Wildman–Crippen LogP) is 0.234. The van der Waals surface area contributed by atoms with Crippen molar-refractivity contribution < 1.29 is 29.3 Å². The fourth-order valence-corrected chi connectivity index (χ4v) is 1.55. The number of pyridine rings is 1. The summed E-state index contributed by atoms with van der Waals surface area (Å²) < 4.78 is 4.83. The monoisotopic (exact) mass is 282 g/mol. The first kappa shape index (κ1) is 15.4. The standard InChI is InChI=1S/C12H14N2O6/c1-2-20-12(19)8-4-3-5-13-11(8)14(6-9(15)16)7-10(17)18/h3-5H,2,6-7H2,1H3,(H,15,16)(H,17,18). The molecule has 20 heavy (non-hydrogen) atoms. The molecule has 1 aromatic heterocycles. The normalized spacial score (nSPS) is 9.85. The number of aromatic nitrogens is 1. The third-order valence-electron chi connectivity index (χ3n) is 2.23. The molecule has 108 valence electrons. The van der Waals surface area contributed by atoms with Crippen LogP contribution >= 0.6 is 0 Å². The van der Waals surface area contributed by atoms with Gasteiger partial charge in [0.05, 0.1) is 6.61 Å². The van der Waals surface area contributed by atoms with Crippen molar-refractivity contribution in [2.24, 2.45) is 0 Å². The third kappa shape index (κ3) is 4.23. The molecule has 0 aromatic carbocycles. The van der Waals surface area contributed by atoms with Crippen molar-refractivity contribution in [3.63, 3.8) is 0 Å². The predicted molar refractivity (Wildman–Crippen MR) is 67.7 cm³/mol. The minimum absolute atomic E-state index is 0.0249. The zero-order chi connectivity index (χ0) is 15.1. The molecule has 0 amide bonds. The van der Waals surface area contributed by atoms with Crippen molar-refractivity contribution in [3.8, 4) is 0 Å². The summed E-state index contributed by atoms with van der Waals surface area (Å²) in [6.45, 7) is 0.594. The van der Waals surface area contributed by atoms with Gasteiger partial charge in [-0.2, -0.15) is 0 Å². The molecular weight excluding hydrogens is 268 g/mol. The SMILES string of the molecule is CCOC(=O)c1cccnc1N(CC(=O)O)CC(=O)O. The number of carboxylic acid groups (broad SMARTS) is 2. The Balaban J connectivity index is 3.14. The Hall–Kier alpha value is -2.64. The number of carbonyl (C=O) groups excluding carboxylic acids is 1. The molecule has 1 rings (SSSR count). The highest BCUT2D eigenvalue weighted by molar-refractivity contribution is 5.96. The van der Waals surface area contributed by atoms with E-state index in [2.05, 4.69) is 4.98 Å². The van der Waals surface area contributed by atoms with Gasteiger partial charge in [-0.15, -0.1) is 0 Å². The summed E-state index contributed by atoms with van der Waals surface area (Å²) in [5, 5.41) is 17.6. The van der Waals surface area contributed by atoms with Gasteiger partial charge in [0, 0.05) is 6.20 Å². The fourth-order valence-electron chi connectivity index (χ4n) is 1.55. The summed E-state index contributed by atoms with van der Waals surface area (Å²) in [5.41, 5.74) is 0.0249. The van der Waals surface area contributed by atoms with Crippen LogP contribution in [0.3, 0.4) is 0 Å². The van der Waals surface area contributed by atoms with E-state index in [9.17, 15) is 14.4 Å². The van der Waals surface area contributed by atoms with Gasteiger partial charge in [-0.25, -0.2) is 9.78 Å². The molecule has 0 aliphatic heterocycles. The van der Waals surface area contributed by atoms with Crippen molar-refractivity contribution in [1.29, 1.82) is 0 Å². The molecular formula is C12H14N2O6. The minimum atomic E-state index is -1.23. The number of hydrogen-bond acceptors (Lipinski definition) is 6. The Kier molecular flexibility index (Phi) is 5.45. The van der Waals surface area contributed by atoms with Crippen LogP contribution < -0.4 is 4.90 Å². The molecule has 2 N–H and O–H groups in total. The number of ether oxygens (including phenoxy) is 1. The molecule has 0 spiro atoms. The first-order valence-corrected chi connectivity index (χ1v) is 5.76. The Morgan fingerprint density at radius 1 is 1.25 bits per heavy atom. The Morgan fingerprint density at radius 2 is 1.85 bits per heavy atom. The lowest BCUT2D eigenvalue weighted by atomic mass is 10.2. The molecule has 0 aliphatic rings. The van der Waals surface area contributed by atoms with E-state index in [1.165, 1.54) is 18.3 Å². The molecule has 0 radical (unpaired) electrons. The third-order valence-corrected chi connectivity index (χ3v) is 2.23. The number of carbonyl (C=O) groups is 3. The number of carboxylic acids is 2. The van der Waals surface area contributed by atoms with Crippen LogP contribution in [0.15, 0.2) is 18.3 Å². The highest BCUT2D eigenvalue weighted by Crippen LogP contribution is 2.18. The van der Waals surface area contributed by atoms with Crippen LogP contribution in [0.5, 0.6) is 0 Å². The van der Waals surface area contributed by atoms with Gasteiger partial charge in [-0.3, -0.25) is 9.59 Å². The summed E-state index contributed by atoms with van der Waals surface area (Å²) in [5.74, 6) is -3.18. The molecule has 0 atom stereocenters. The van der Waals surface area contributed by atoms with E-state index in [1.54, 1.807) is 6.92 Å². The van der Waals surface area contributed by atoms with E-state index in [1.807, 2.05) is 0 Å². The average Bonchev–Trinajstić information content (AvgIpc) is 2.37. The summed E-state index contributed by atoms with van der Waals surface area (Å²) in [6, 6.07) is 2.88. The Bertz CT molecular complexity index is 500. The van der Waals surface area contributed by atoms with Gasteiger partial charge in [-0.05, 0) is 19.1 Å². The topological polar surface area (TPSA) is 117 Å². The van der Waals surface area contributed by atoms with E-state index in [0.717, 1.165) is 4.90 Å². The van der Waals surface area contributed by atoms with Crippen molar-refractivity contribution in [2.45, 2.75) is 6.92 Å². The first-order chi connectivity index (χ1) is 9.45. The largest absolute Gasteiger partial charge is 0.480 e. The average molecular weight is 282 g/mol. The lowest BCUT2D eigenvalue weighted by Crippen LogP contribution is -2.36. The van der Waals surface area contributed by atoms with Gasteiger partial charge in [0.15, 0.2) is 0 Å². The maximum Gasteiger partial charge on any atom is 0.341 e. The van der Waals surface area contributed by atoms with E-state index >= 15 is 0 Å². The zero-order valence-electron chi connectivity index (χ0n) is 10.8. The van der Waals surface area contributed by atoms with Crippen molar-refractivity contribution in [2.75, 3.05) is 24.6 Å². The number of aliphatic carboxylic acids is 2. The van der Waals surface area contributed by atoms with Crippen molar-refractivity contribution >= 4 is 23.7 Å². The van der Waals surface area contributed by atoms with Crippen LogP contribution in [0.4, 0.5) is 5.82 Å². The van der Waals surface area contributed by atoms with Crippen LogP contribution in [0.2, 0.25) is 0 Å². The van der Waals surface area contributed by atoms with Crippen LogP contribution in [-0.2, 0) is 14.3 Å². The summed E-state index contributed by atoms with van der Waals surface area (Å²) in [4.78, 5) is 38.2. The molecule has 0 aliphatic carbocycles. The summed E-state index contributed by atoms with van der Waals surface area (Å²) >= 11 is 0. The maximum atomic E-state index is 11.8. The van der Waals surface area contributed by atoms with Gasteiger partial charge in [0.25, 0.3) is 0 Å². The fraction of sp³-hybridized carbons (Fsp3) is 0.333. The quantitative estimate of drug-likeness (QED) is 0.683. The molecule has 0 saturated carbocycles. The summed E-state index contributed by atoms with van der Waals surface area (Å²) in [7, 11) is 0. The van der Waals surface area contributed by atoms with Gasteiger partial charge in [-0.1, -0.05) is 0 Å². The second-order valence-corrected chi connectivity index (χ2v) is 3.74. The lowest BCUT2D eigenvalue weighted by Gasteiger charge is -2.21. The van der Waals surface area contributed by atoms with Crippen LogP contribution in [0.25, 0.3) is 0 Å². The zero-order valence-corrected chi connectivity index (χ0v) is 10.8. The number of rotatable bonds is 7. The molecule has 0 unspecified atom stereocenters. The Labute approximate surface area is 114 Å². The lowest BCUT2D eigenvalue weighted by molar-refractivity contribution is -0.136. The smallest absolute Gasteiger partial charge is 0.341 e. The van der Waals surface area contributed by atoms with E-state index < -0.39 is 31.0 Å². The highest BCUT2D eigenvalue weighted by atomic mass is 16.5. The first-order valence-electron chi connectivity index (χ1n) is 5.76. The number of esters is 1.